The zero-order valence-corrected chi connectivity index (χ0v) is 6.48. The van der Waals surface area contributed by atoms with E-state index in [9.17, 15) is 4.79 Å². The van der Waals surface area contributed by atoms with Crippen LogP contribution in [0.1, 0.15) is 20.3 Å². The maximum absolute atomic E-state index is 10.3. The summed E-state index contributed by atoms with van der Waals surface area (Å²) in [5, 5.41) is 0.00824. The Hall–Kier alpha value is -0.300. The molecule has 0 spiro atoms. The first kappa shape index (κ1) is 8.70. The number of alkyl halides is 1. The fourth-order valence-electron chi connectivity index (χ4n) is 0.376. The van der Waals surface area contributed by atoms with Crippen LogP contribution in [0.25, 0.3) is 0 Å². The Kier molecular flexibility index (Phi) is 4.41. The van der Waals surface area contributed by atoms with Gasteiger partial charge in [0.2, 0.25) is 0 Å². The van der Waals surface area contributed by atoms with Crippen LogP contribution < -0.4 is 0 Å². The van der Waals surface area contributed by atoms with E-state index in [0.717, 1.165) is 6.42 Å². The van der Waals surface area contributed by atoms with Gasteiger partial charge in [0.15, 0.2) is 5.78 Å². The van der Waals surface area contributed by atoms with Crippen LogP contribution in [0.15, 0.2) is 12.2 Å². The molecule has 0 saturated heterocycles. The lowest BCUT2D eigenvalue weighted by atomic mass is 10.3. The molecule has 52 valence electrons. The third kappa shape index (κ3) is 5.57. The van der Waals surface area contributed by atoms with Gasteiger partial charge in [-0.05, 0) is 19.4 Å². The maximum atomic E-state index is 10.3. The van der Waals surface area contributed by atoms with E-state index >= 15 is 0 Å². The number of carbonyl (C=O) groups is 1. The number of hydrogen-bond donors (Lipinski definition) is 0. The van der Waals surface area contributed by atoms with E-state index < -0.39 is 0 Å². The second-order valence-electron chi connectivity index (χ2n) is 1.89. The van der Waals surface area contributed by atoms with Crippen molar-refractivity contribution in [1.29, 1.82) is 0 Å². The van der Waals surface area contributed by atoms with Crippen LogP contribution in [0.3, 0.4) is 0 Å². The van der Waals surface area contributed by atoms with E-state index in [1.807, 2.05) is 6.92 Å². The molecule has 0 amide bonds. The normalized spacial score (nSPS) is 14.1. The molecule has 0 aromatic carbocycles. The van der Waals surface area contributed by atoms with Crippen LogP contribution >= 0.6 is 11.6 Å². The van der Waals surface area contributed by atoms with E-state index in [1.54, 1.807) is 6.08 Å². The molecule has 0 fully saturated rings. The molecule has 1 unspecified atom stereocenters. The monoisotopic (exact) mass is 146 g/mol. The summed E-state index contributed by atoms with van der Waals surface area (Å²) in [6, 6.07) is 0. The lowest BCUT2D eigenvalue weighted by Crippen LogP contribution is -1.90. The summed E-state index contributed by atoms with van der Waals surface area (Å²) in [4.78, 5) is 10.3. The van der Waals surface area contributed by atoms with Gasteiger partial charge < -0.3 is 0 Å². The van der Waals surface area contributed by atoms with Crippen molar-refractivity contribution < 1.29 is 4.79 Å². The molecule has 0 N–H and O–H groups in total. The van der Waals surface area contributed by atoms with Gasteiger partial charge in [0, 0.05) is 0 Å². The van der Waals surface area contributed by atoms with E-state index in [4.69, 9.17) is 11.6 Å². The van der Waals surface area contributed by atoms with Crippen LogP contribution in [-0.4, -0.2) is 11.2 Å². The Morgan fingerprint density at radius 1 is 1.78 bits per heavy atom. The second kappa shape index (κ2) is 4.57. The van der Waals surface area contributed by atoms with Crippen LogP contribution in [0.5, 0.6) is 0 Å². The number of rotatable bonds is 3. The van der Waals surface area contributed by atoms with Crippen LogP contribution in [0.4, 0.5) is 0 Å². The zero-order valence-electron chi connectivity index (χ0n) is 5.73. The third-order valence-corrected chi connectivity index (χ3v) is 1.38. The minimum Gasteiger partial charge on any atom is -0.295 e. The highest BCUT2D eigenvalue weighted by atomic mass is 35.5. The van der Waals surface area contributed by atoms with Crippen molar-refractivity contribution in [2.75, 3.05) is 0 Å². The van der Waals surface area contributed by atoms with E-state index in [1.165, 1.54) is 13.0 Å². The molecule has 0 aromatic rings. The molecular weight excluding hydrogens is 136 g/mol. The SMILES string of the molecule is CCC(Cl)/C=C/C(C)=O. The quantitative estimate of drug-likeness (QED) is 0.441. The van der Waals surface area contributed by atoms with Crippen molar-refractivity contribution in [1.82, 2.24) is 0 Å². The van der Waals surface area contributed by atoms with Crippen molar-refractivity contribution in [3.63, 3.8) is 0 Å². The smallest absolute Gasteiger partial charge is 0.152 e. The van der Waals surface area contributed by atoms with Gasteiger partial charge in [-0.1, -0.05) is 13.0 Å². The molecule has 9 heavy (non-hydrogen) atoms. The Morgan fingerprint density at radius 3 is 2.67 bits per heavy atom. The molecule has 0 heterocycles. The van der Waals surface area contributed by atoms with E-state index in [2.05, 4.69) is 0 Å². The molecular formula is C7H11ClO. The average Bonchev–Trinajstić information content (AvgIpc) is 1.83. The summed E-state index contributed by atoms with van der Waals surface area (Å²) >= 11 is 5.67. The first-order valence-electron chi connectivity index (χ1n) is 2.99. The summed E-state index contributed by atoms with van der Waals surface area (Å²) in [7, 11) is 0. The highest BCUT2D eigenvalue weighted by molar-refractivity contribution is 6.21. The predicted molar refractivity (Wildman–Crippen MR) is 39.8 cm³/mol. The van der Waals surface area contributed by atoms with Crippen LogP contribution in [-0.2, 0) is 4.79 Å². The van der Waals surface area contributed by atoms with Crippen LogP contribution in [0.2, 0.25) is 0 Å². The molecule has 0 bridgehead atoms. The molecule has 0 saturated carbocycles. The lowest BCUT2D eigenvalue weighted by molar-refractivity contribution is -0.112. The van der Waals surface area contributed by atoms with Crippen molar-refractivity contribution in [3.8, 4) is 0 Å². The van der Waals surface area contributed by atoms with E-state index in [0.29, 0.717) is 0 Å². The Bertz CT molecular complexity index is 118. The Morgan fingerprint density at radius 2 is 2.33 bits per heavy atom. The number of hydrogen-bond acceptors (Lipinski definition) is 1. The van der Waals surface area contributed by atoms with Crippen molar-refractivity contribution in [2.24, 2.45) is 0 Å². The Balaban J connectivity index is 3.56. The minimum absolute atomic E-state index is 0.00824. The summed E-state index contributed by atoms with van der Waals surface area (Å²) in [6.45, 7) is 3.48. The molecule has 2 heteroatoms. The van der Waals surface area contributed by atoms with Gasteiger partial charge in [0.05, 0.1) is 5.38 Å². The standard InChI is InChI=1S/C7H11ClO/c1-3-7(8)5-4-6(2)9/h4-5,7H,3H2,1-2H3/b5-4+. The van der Waals surface area contributed by atoms with Crippen molar-refractivity contribution in [3.05, 3.63) is 12.2 Å². The molecule has 0 aliphatic rings. The van der Waals surface area contributed by atoms with Gasteiger partial charge in [0.1, 0.15) is 0 Å². The fourth-order valence-corrected chi connectivity index (χ4v) is 0.449. The first-order valence-corrected chi connectivity index (χ1v) is 3.43. The van der Waals surface area contributed by atoms with Crippen LogP contribution in [0, 0.1) is 0 Å². The number of ketones is 1. The number of halogens is 1. The fraction of sp³-hybridized carbons (Fsp3) is 0.571. The highest BCUT2D eigenvalue weighted by Crippen LogP contribution is 2.01. The molecule has 1 atom stereocenters. The molecule has 0 rings (SSSR count). The topological polar surface area (TPSA) is 17.1 Å². The Labute approximate surface area is 60.7 Å². The minimum atomic E-state index is 0.00824. The van der Waals surface area contributed by atoms with Gasteiger partial charge in [-0.25, -0.2) is 0 Å². The summed E-state index contributed by atoms with van der Waals surface area (Å²) in [5.74, 6) is 0.0501. The van der Waals surface area contributed by atoms with Gasteiger partial charge in [-0.2, -0.15) is 0 Å². The van der Waals surface area contributed by atoms with Gasteiger partial charge in [0.25, 0.3) is 0 Å². The summed E-state index contributed by atoms with van der Waals surface area (Å²) in [5.41, 5.74) is 0. The van der Waals surface area contributed by atoms with Gasteiger partial charge >= 0.3 is 0 Å². The number of allylic oxidation sites excluding steroid dienone is 2. The molecule has 0 radical (unpaired) electrons. The van der Waals surface area contributed by atoms with E-state index in [-0.39, 0.29) is 11.2 Å². The first-order chi connectivity index (χ1) is 4.16. The predicted octanol–water partition coefficient (Wildman–Crippen LogP) is 2.15. The average molecular weight is 147 g/mol. The largest absolute Gasteiger partial charge is 0.295 e. The molecule has 1 nitrogen and oxygen atoms in total. The van der Waals surface area contributed by atoms with Gasteiger partial charge in [-0.3, -0.25) is 4.79 Å². The lowest BCUT2D eigenvalue weighted by Gasteiger charge is -1.93. The third-order valence-electron chi connectivity index (χ3n) is 0.930. The highest BCUT2D eigenvalue weighted by Gasteiger charge is 1.92. The summed E-state index contributed by atoms with van der Waals surface area (Å²) < 4.78 is 0. The molecule has 0 aliphatic carbocycles. The van der Waals surface area contributed by atoms with Crippen molar-refractivity contribution in [2.45, 2.75) is 25.6 Å². The molecule has 0 aliphatic heterocycles. The second-order valence-corrected chi connectivity index (χ2v) is 2.45. The number of carbonyl (C=O) groups excluding carboxylic acids is 1. The summed E-state index contributed by atoms with van der Waals surface area (Å²) in [6.07, 6.45) is 4.08. The molecule has 0 aromatic heterocycles. The van der Waals surface area contributed by atoms with Crippen molar-refractivity contribution >= 4 is 17.4 Å². The zero-order chi connectivity index (χ0) is 7.28. The van der Waals surface area contributed by atoms with Gasteiger partial charge in [-0.15, -0.1) is 11.6 Å². The maximum Gasteiger partial charge on any atom is 0.152 e.